The lowest BCUT2D eigenvalue weighted by atomic mass is 10.2. The molecule has 2 aromatic rings. The molecule has 0 aliphatic rings. The van der Waals surface area contributed by atoms with Gasteiger partial charge in [0.05, 0.1) is 16.3 Å². The Labute approximate surface area is 127 Å². The van der Waals surface area contributed by atoms with Crippen molar-refractivity contribution in [2.75, 3.05) is 0 Å². The molecule has 2 rings (SSSR count). The quantitative estimate of drug-likeness (QED) is 0.385. The van der Waals surface area contributed by atoms with E-state index in [-0.39, 0.29) is 18.5 Å². The van der Waals surface area contributed by atoms with Crippen LogP contribution in [0.1, 0.15) is 31.1 Å². The number of hydrogen-bond donors (Lipinski definition) is 2. The Hall–Kier alpha value is -2.21. The van der Waals surface area contributed by atoms with Crippen molar-refractivity contribution in [2.45, 2.75) is 26.5 Å². The van der Waals surface area contributed by atoms with Gasteiger partial charge in [0, 0.05) is 12.2 Å². The van der Waals surface area contributed by atoms with E-state index in [4.69, 9.17) is 27.3 Å². The molecule has 112 valence electrons. The van der Waals surface area contributed by atoms with E-state index >= 15 is 0 Å². The fourth-order valence-electron chi connectivity index (χ4n) is 1.82. The molecule has 1 heterocycles. The minimum Gasteiger partial charge on any atom is -0.486 e. The number of halogens is 1. The Bertz CT molecular complexity index is 652. The molecular weight excluding hydrogens is 292 g/mol. The Kier molecular flexibility index (Phi) is 4.70. The normalized spacial score (nSPS) is 11.9. The van der Waals surface area contributed by atoms with Crippen molar-refractivity contribution < 1.29 is 9.94 Å². The summed E-state index contributed by atoms with van der Waals surface area (Å²) < 4.78 is 7.54. The van der Waals surface area contributed by atoms with E-state index in [0.29, 0.717) is 16.3 Å². The maximum Gasteiger partial charge on any atom is 0.175 e. The molecule has 0 aliphatic heterocycles. The molecule has 0 amide bonds. The van der Waals surface area contributed by atoms with Gasteiger partial charge in [-0.25, -0.2) is 0 Å². The highest BCUT2D eigenvalue weighted by molar-refractivity contribution is 6.34. The molecule has 0 radical (unpaired) electrons. The van der Waals surface area contributed by atoms with Crippen molar-refractivity contribution >= 4 is 17.4 Å². The summed E-state index contributed by atoms with van der Waals surface area (Å²) in [4.78, 5) is 0. The van der Waals surface area contributed by atoms with E-state index in [1.807, 2.05) is 30.8 Å². The highest BCUT2D eigenvalue weighted by Crippen LogP contribution is 2.26. The zero-order valence-electron chi connectivity index (χ0n) is 11.8. The van der Waals surface area contributed by atoms with Crippen molar-refractivity contribution in [3.63, 3.8) is 0 Å². The molecule has 0 spiro atoms. The van der Waals surface area contributed by atoms with Crippen LogP contribution < -0.4 is 10.5 Å². The monoisotopic (exact) mass is 308 g/mol. The predicted molar refractivity (Wildman–Crippen MR) is 80.9 cm³/mol. The first kappa shape index (κ1) is 15.2. The van der Waals surface area contributed by atoms with Gasteiger partial charge in [-0.3, -0.25) is 4.68 Å². The fourth-order valence-corrected chi connectivity index (χ4v) is 2.08. The average Bonchev–Trinajstić information content (AvgIpc) is 2.93. The van der Waals surface area contributed by atoms with Gasteiger partial charge in [0.2, 0.25) is 0 Å². The molecule has 6 nitrogen and oxygen atoms in total. The summed E-state index contributed by atoms with van der Waals surface area (Å²) in [7, 11) is 0. The molecule has 7 heteroatoms. The van der Waals surface area contributed by atoms with E-state index in [1.165, 1.54) is 0 Å². The molecule has 0 bridgehead atoms. The average molecular weight is 309 g/mol. The minimum absolute atomic E-state index is 0.0942. The van der Waals surface area contributed by atoms with Gasteiger partial charge in [0.25, 0.3) is 0 Å². The Morgan fingerprint density at radius 1 is 1.48 bits per heavy atom. The standard InChI is InChI=1S/C14H17ClN4O2/c1-9(2)19-7-6-10(17-19)8-21-12-5-3-4-11(15)13(12)14(16)18-20/h3-7,9,20H,8H2,1-2H3,(H2,16,18). The Balaban J connectivity index is 2.18. The number of nitrogens with zero attached hydrogens (tertiary/aromatic N) is 3. The number of aromatic nitrogens is 2. The summed E-state index contributed by atoms with van der Waals surface area (Å²) in [6.45, 7) is 4.36. The molecule has 1 aromatic carbocycles. The van der Waals surface area contributed by atoms with E-state index in [2.05, 4.69) is 10.3 Å². The summed E-state index contributed by atoms with van der Waals surface area (Å²) in [5.41, 5.74) is 6.78. The highest BCUT2D eigenvalue weighted by atomic mass is 35.5. The van der Waals surface area contributed by atoms with Crippen molar-refractivity contribution in [1.29, 1.82) is 0 Å². The molecular formula is C14H17ClN4O2. The minimum atomic E-state index is -0.0942. The summed E-state index contributed by atoms with van der Waals surface area (Å²) >= 11 is 6.06. The molecule has 0 aliphatic carbocycles. The third-order valence-corrected chi connectivity index (χ3v) is 3.22. The number of amidine groups is 1. The van der Waals surface area contributed by atoms with Crippen molar-refractivity contribution in [3.05, 3.63) is 46.7 Å². The smallest absolute Gasteiger partial charge is 0.175 e. The first-order valence-electron chi connectivity index (χ1n) is 6.46. The van der Waals surface area contributed by atoms with Gasteiger partial charge < -0.3 is 15.7 Å². The van der Waals surface area contributed by atoms with Crippen LogP contribution >= 0.6 is 11.6 Å². The summed E-state index contributed by atoms with van der Waals surface area (Å²) in [6.07, 6.45) is 1.89. The SMILES string of the molecule is CC(C)n1ccc(COc2cccc(Cl)c2/C(N)=N/O)n1. The van der Waals surface area contributed by atoms with E-state index < -0.39 is 0 Å². The zero-order chi connectivity index (χ0) is 15.4. The zero-order valence-corrected chi connectivity index (χ0v) is 12.6. The number of oxime groups is 1. The van der Waals surface area contributed by atoms with Crippen LogP contribution in [0.5, 0.6) is 5.75 Å². The second-order valence-electron chi connectivity index (χ2n) is 4.77. The summed E-state index contributed by atoms with van der Waals surface area (Å²) in [6, 6.07) is 7.26. The van der Waals surface area contributed by atoms with Crippen molar-refractivity contribution in [1.82, 2.24) is 9.78 Å². The summed E-state index contributed by atoms with van der Waals surface area (Å²) in [5, 5.41) is 16.5. The lowest BCUT2D eigenvalue weighted by Gasteiger charge is -2.11. The van der Waals surface area contributed by atoms with Gasteiger partial charge in [0.15, 0.2) is 5.84 Å². The fraction of sp³-hybridized carbons (Fsp3) is 0.286. The molecule has 0 unspecified atom stereocenters. The maximum absolute atomic E-state index is 8.82. The number of ether oxygens (including phenoxy) is 1. The van der Waals surface area contributed by atoms with Crippen molar-refractivity contribution in [2.24, 2.45) is 10.9 Å². The van der Waals surface area contributed by atoms with Gasteiger partial charge in [0.1, 0.15) is 12.4 Å². The second-order valence-corrected chi connectivity index (χ2v) is 5.17. The number of benzene rings is 1. The maximum atomic E-state index is 8.82. The molecule has 0 saturated heterocycles. The van der Waals surface area contributed by atoms with Crippen LogP contribution in [0.4, 0.5) is 0 Å². The van der Waals surface area contributed by atoms with Crippen LogP contribution in [0.15, 0.2) is 35.6 Å². The number of nitrogens with two attached hydrogens (primary N) is 1. The molecule has 0 fully saturated rings. The molecule has 21 heavy (non-hydrogen) atoms. The molecule has 0 saturated carbocycles. The molecule has 3 N–H and O–H groups in total. The van der Waals surface area contributed by atoms with Gasteiger partial charge in [-0.15, -0.1) is 0 Å². The van der Waals surface area contributed by atoms with E-state index in [0.717, 1.165) is 5.69 Å². The van der Waals surface area contributed by atoms with Crippen LogP contribution in [0.25, 0.3) is 0 Å². The highest BCUT2D eigenvalue weighted by Gasteiger charge is 2.13. The first-order valence-corrected chi connectivity index (χ1v) is 6.84. The second kappa shape index (κ2) is 6.49. The van der Waals surface area contributed by atoms with Gasteiger partial charge >= 0.3 is 0 Å². The topological polar surface area (TPSA) is 85.7 Å². The molecule has 0 atom stereocenters. The lowest BCUT2D eigenvalue weighted by Crippen LogP contribution is -2.15. The van der Waals surface area contributed by atoms with Crippen molar-refractivity contribution in [3.8, 4) is 5.75 Å². The largest absolute Gasteiger partial charge is 0.486 e. The van der Waals surface area contributed by atoms with Gasteiger partial charge in [-0.05, 0) is 32.0 Å². The first-order chi connectivity index (χ1) is 10.0. The Morgan fingerprint density at radius 3 is 2.86 bits per heavy atom. The van der Waals surface area contributed by atoms with Crippen LogP contribution in [0.3, 0.4) is 0 Å². The van der Waals surface area contributed by atoms with Gasteiger partial charge in [-0.2, -0.15) is 5.10 Å². The van der Waals surface area contributed by atoms with E-state index in [9.17, 15) is 0 Å². The third-order valence-electron chi connectivity index (χ3n) is 2.91. The number of hydrogen-bond acceptors (Lipinski definition) is 4. The third kappa shape index (κ3) is 3.46. The molecule has 1 aromatic heterocycles. The van der Waals surface area contributed by atoms with Gasteiger partial charge in [-0.1, -0.05) is 22.8 Å². The number of rotatable bonds is 5. The van der Waals surface area contributed by atoms with E-state index in [1.54, 1.807) is 18.2 Å². The van der Waals surface area contributed by atoms with Crippen LogP contribution in [0.2, 0.25) is 5.02 Å². The lowest BCUT2D eigenvalue weighted by molar-refractivity contribution is 0.296. The van der Waals surface area contributed by atoms with Crippen LogP contribution in [-0.4, -0.2) is 20.8 Å². The van der Waals surface area contributed by atoms with Crippen LogP contribution in [0, 0.1) is 0 Å². The van der Waals surface area contributed by atoms with Crippen LogP contribution in [-0.2, 0) is 6.61 Å². The predicted octanol–water partition coefficient (Wildman–Crippen LogP) is 2.79. The Morgan fingerprint density at radius 2 is 2.24 bits per heavy atom. The summed E-state index contributed by atoms with van der Waals surface area (Å²) in [5.74, 6) is 0.347.